The van der Waals surface area contributed by atoms with Gasteiger partial charge < -0.3 is 15.7 Å². The minimum Gasteiger partial charge on any atom is -0.395 e. The van der Waals surface area contributed by atoms with Crippen molar-refractivity contribution >= 4 is 33.0 Å². The molecule has 0 saturated carbocycles. The van der Waals surface area contributed by atoms with Crippen LogP contribution in [0.5, 0.6) is 0 Å². The Morgan fingerprint density at radius 1 is 1.08 bits per heavy atom. The number of aromatic nitrogens is 3. The Morgan fingerprint density at radius 2 is 1.88 bits per heavy atom. The van der Waals surface area contributed by atoms with E-state index in [1.807, 2.05) is 50.2 Å². The molecule has 0 aliphatic heterocycles. The quantitative estimate of drug-likeness (QED) is 0.362. The minimum atomic E-state index is -0.0168. The number of fused-ring (bicyclic) bond motifs is 2. The number of rotatable bonds is 6. The third-order valence-electron chi connectivity index (χ3n) is 4.12. The third-order valence-corrected chi connectivity index (χ3v) is 4.12. The standard InChI is InChI=1S/C17H17N5O2.C2H6/c23-10-9-18-7-8-19-12-5-6-13-16-15(12)17(24)11-3-1-2-4-14(11)22(16)21-20-13;1-2/h1-6,18-19,23H,7-10H2;1-2H3. The summed E-state index contributed by atoms with van der Waals surface area (Å²) in [5.41, 5.74) is 2.97. The topological polar surface area (TPSA) is 91.6 Å². The maximum Gasteiger partial charge on any atom is 0.199 e. The summed E-state index contributed by atoms with van der Waals surface area (Å²) < 4.78 is 1.73. The van der Waals surface area contributed by atoms with Gasteiger partial charge in [0.25, 0.3) is 0 Å². The smallest absolute Gasteiger partial charge is 0.199 e. The van der Waals surface area contributed by atoms with Gasteiger partial charge in [-0.3, -0.25) is 4.79 Å². The maximum absolute atomic E-state index is 13.0. The Morgan fingerprint density at radius 3 is 2.69 bits per heavy atom. The highest BCUT2D eigenvalue weighted by Crippen LogP contribution is 2.27. The Kier molecular flexibility index (Phi) is 5.60. The molecular formula is C19H23N5O2. The molecule has 0 unspecified atom stereocenters. The van der Waals surface area contributed by atoms with Crippen LogP contribution in [0.3, 0.4) is 0 Å². The number of anilines is 1. The summed E-state index contributed by atoms with van der Waals surface area (Å²) in [6.45, 7) is 6.00. The average molecular weight is 353 g/mol. The Hall–Kier alpha value is -2.77. The summed E-state index contributed by atoms with van der Waals surface area (Å²) in [4.78, 5) is 13.0. The second-order valence-corrected chi connectivity index (χ2v) is 5.60. The summed E-state index contributed by atoms with van der Waals surface area (Å²) in [6, 6.07) is 11.2. The van der Waals surface area contributed by atoms with Crippen LogP contribution in [0.2, 0.25) is 0 Å². The molecule has 0 radical (unpaired) electrons. The van der Waals surface area contributed by atoms with E-state index in [-0.39, 0.29) is 12.0 Å². The lowest BCUT2D eigenvalue weighted by molar-refractivity contribution is 0.293. The zero-order valence-electron chi connectivity index (χ0n) is 15.0. The fourth-order valence-corrected chi connectivity index (χ4v) is 3.03. The molecule has 0 aliphatic rings. The summed E-state index contributed by atoms with van der Waals surface area (Å²) in [6.07, 6.45) is 0. The Bertz CT molecular complexity index is 1060. The lowest BCUT2D eigenvalue weighted by Gasteiger charge is -2.11. The fourth-order valence-electron chi connectivity index (χ4n) is 3.03. The van der Waals surface area contributed by atoms with Crippen LogP contribution in [0.25, 0.3) is 27.3 Å². The summed E-state index contributed by atoms with van der Waals surface area (Å²) >= 11 is 0. The summed E-state index contributed by atoms with van der Waals surface area (Å²) in [5, 5.41) is 24.8. The van der Waals surface area contributed by atoms with E-state index in [1.165, 1.54) is 0 Å². The van der Waals surface area contributed by atoms with Crippen LogP contribution in [0.1, 0.15) is 13.8 Å². The van der Waals surface area contributed by atoms with Gasteiger partial charge in [0.15, 0.2) is 5.43 Å². The fraction of sp³-hybridized carbons (Fsp3) is 0.316. The maximum atomic E-state index is 13.0. The lowest BCUT2D eigenvalue weighted by Crippen LogP contribution is -2.25. The number of para-hydroxylation sites is 1. The second-order valence-electron chi connectivity index (χ2n) is 5.60. The van der Waals surface area contributed by atoms with Crippen LogP contribution in [-0.4, -0.2) is 46.2 Å². The molecule has 0 bridgehead atoms. The van der Waals surface area contributed by atoms with Gasteiger partial charge in [-0.25, -0.2) is 4.52 Å². The van der Waals surface area contributed by atoms with Gasteiger partial charge in [-0.2, -0.15) is 0 Å². The van der Waals surface area contributed by atoms with Gasteiger partial charge in [-0.15, -0.1) is 5.10 Å². The molecule has 0 saturated heterocycles. The molecule has 4 aromatic rings. The van der Waals surface area contributed by atoms with Crippen molar-refractivity contribution in [3.05, 3.63) is 46.6 Å². The van der Waals surface area contributed by atoms with Crippen molar-refractivity contribution in [2.75, 3.05) is 31.6 Å². The summed E-state index contributed by atoms with van der Waals surface area (Å²) in [5.74, 6) is 0. The zero-order chi connectivity index (χ0) is 18.5. The number of nitrogens with zero attached hydrogens (tertiary/aromatic N) is 3. The molecule has 0 aliphatic carbocycles. The van der Waals surface area contributed by atoms with Crippen molar-refractivity contribution in [2.45, 2.75) is 13.8 Å². The number of hydrogen-bond donors (Lipinski definition) is 3. The van der Waals surface area contributed by atoms with E-state index < -0.39 is 0 Å². The first-order valence-corrected chi connectivity index (χ1v) is 8.89. The molecular weight excluding hydrogens is 330 g/mol. The first kappa shape index (κ1) is 18.0. The number of benzene rings is 2. The van der Waals surface area contributed by atoms with Crippen molar-refractivity contribution in [3.63, 3.8) is 0 Å². The molecule has 136 valence electrons. The SMILES string of the molecule is CC.O=c1c2ccccc2n2nnc3ccc(NCCNCCO)c1c32. The predicted octanol–water partition coefficient (Wildman–Crippen LogP) is 1.85. The molecule has 4 rings (SSSR count). The molecule has 0 amide bonds. The Labute approximate surface area is 151 Å². The highest BCUT2D eigenvalue weighted by molar-refractivity contribution is 6.06. The lowest BCUT2D eigenvalue weighted by atomic mass is 10.1. The predicted molar refractivity (Wildman–Crippen MR) is 105 cm³/mol. The normalized spacial score (nSPS) is 11.0. The molecule has 3 N–H and O–H groups in total. The van der Waals surface area contributed by atoms with E-state index in [0.717, 1.165) is 16.7 Å². The first-order chi connectivity index (χ1) is 12.8. The van der Waals surface area contributed by atoms with Crippen LogP contribution in [-0.2, 0) is 0 Å². The summed E-state index contributed by atoms with van der Waals surface area (Å²) in [7, 11) is 0. The molecule has 2 aromatic carbocycles. The van der Waals surface area contributed by atoms with Gasteiger partial charge in [-0.1, -0.05) is 31.2 Å². The van der Waals surface area contributed by atoms with Crippen molar-refractivity contribution in [1.29, 1.82) is 0 Å². The van der Waals surface area contributed by atoms with E-state index >= 15 is 0 Å². The van der Waals surface area contributed by atoms with Crippen molar-refractivity contribution < 1.29 is 5.11 Å². The van der Waals surface area contributed by atoms with E-state index in [4.69, 9.17) is 5.11 Å². The number of nitrogens with one attached hydrogen (secondary N) is 2. The zero-order valence-corrected chi connectivity index (χ0v) is 15.0. The van der Waals surface area contributed by atoms with Gasteiger partial charge >= 0.3 is 0 Å². The van der Waals surface area contributed by atoms with Crippen LogP contribution in [0.15, 0.2) is 41.2 Å². The van der Waals surface area contributed by atoms with Gasteiger partial charge in [0.05, 0.1) is 17.5 Å². The highest BCUT2D eigenvalue weighted by Gasteiger charge is 2.16. The molecule has 2 aromatic heterocycles. The van der Waals surface area contributed by atoms with Crippen LogP contribution in [0, 0.1) is 0 Å². The van der Waals surface area contributed by atoms with Crippen molar-refractivity contribution in [3.8, 4) is 0 Å². The number of pyridine rings is 1. The van der Waals surface area contributed by atoms with E-state index in [1.54, 1.807) is 4.52 Å². The van der Waals surface area contributed by atoms with Crippen LogP contribution >= 0.6 is 0 Å². The largest absolute Gasteiger partial charge is 0.395 e. The second kappa shape index (κ2) is 8.07. The third kappa shape index (κ3) is 3.07. The van der Waals surface area contributed by atoms with Crippen molar-refractivity contribution in [2.24, 2.45) is 0 Å². The molecule has 7 heteroatoms. The van der Waals surface area contributed by atoms with Crippen LogP contribution in [0.4, 0.5) is 5.69 Å². The van der Waals surface area contributed by atoms with Crippen LogP contribution < -0.4 is 16.1 Å². The highest BCUT2D eigenvalue weighted by atomic mass is 16.3. The average Bonchev–Trinajstić information content (AvgIpc) is 3.12. The van der Waals surface area contributed by atoms with Gasteiger partial charge in [0.1, 0.15) is 11.0 Å². The Balaban J connectivity index is 0.000000948. The molecule has 0 atom stereocenters. The minimum absolute atomic E-state index is 0.0168. The monoisotopic (exact) mass is 353 g/mol. The molecule has 26 heavy (non-hydrogen) atoms. The number of aliphatic hydroxyl groups is 1. The first-order valence-electron chi connectivity index (χ1n) is 8.89. The molecule has 2 heterocycles. The van der Waals surface area contributed by atoms with Crippen molar-refractivity contribution in [1.82, 2.24) is 20.1 Å². The molecule has 7 nitrogen and oxygen atoms in total. The van der Waals surface area contributed by atoms with E-state index in [2.05, 4.69) is 20.9 Å². The van der Waals surface area contributed by atoms with E-state index in [0.29, 0.717) is 35.9 Å². The van der Waals surface area contributed by atoms with Gasteiger partial charge in [0, 0.05) is 30.7 Å². The number of aliphatic hydroxyl groups excluding tert-OH is 1. The number of hydrogen-bond acceptors (Lipinski definition) is 6. The molecule has 0 spiro atoms. The van der Waals surface area contributed by atoms with E-state index in [9.17, 15) is 4.79 Å². The van der Waals surface area contributed by atoms with Gasteiger partial charge in [-0.05, 0) is 24.3 Å². The van der Waals surface area contributed by atoms with Gasteiger partial charge in [0.2, 0.25) is 0 Å². The molecule has 0 fully saturated rings.